The van der Waals surface area contributed by atoms with Gasteiger partial charge in [0.25, 0.3) is 0 Å². The van der Waals surface area contributed by atoms with Crippen molar-refractivity contribution in [1.82, 2.24) is 0 Å². The number of Topliss-reactive ketones (excluding diaryl/α,β-unsaturated/α-hetero) is 1. The molecule has 0 spiro atoms. The van der Waals surface area contributed by atoms with Crippen molar-refractivity contribution < 1.29 is 4.79 Å². The summed E-state index contributed by atoms with van der Waals surface area (Å²) in [5, 5.41) is 0. The van der Waals surface area contributed by atoms with Gasteiger partial charge in [-0.15, -0.1) is 0 Å². The molecule has 0 aromatic heterocycles. The van der Waals surface area contributed by atoms with Crippen LogP contribution >= 0.6 is 0 Å². The van der Waals surface area contributed by atoms with E-state index in [1.165, 1.54) is 31.2 Å². The van der Waals surface area contributed by atoms with E-state index < -0.39 is 0 Å². The smallest absolute Gasteiger partial charge is 0.136 e. The highest BCUT2D eigenvalue weighted by atomic mass is 16.1. The maximum absolute atomic E-state index is 12.2. The molecule has 0 aliphatic heterocycles. The number of hydrogen-bond donors (Lipinski definition) is 0. The molecule has 0 N–H and O–H groups in total. The Balaban J connectivity index is 1.90. The number of ketones is 1. The number of carbonyl (C=O) groups is 1. The molecule has 0 bridgehead atoms. The van der Waals surface area contributed by atoms with Gasteiger partial charge in [0.15, 0.2) is 0 Å². The topological polar surface area (TPSA) is 17.1 Å². The molecule has 0 radical (unpaired) electrons. The van der Waals surface area contributed by atoms with Gasteiger partial charge in [0, 0.05) is 12.3 Å². The van der Waals surface area contributed by atoms with Crippen LogP contribution in [0.4, 0.5) is 0 Å². The summed E-state index contributed by atoms with van der Waals surface area (Å²) in [6.07, 6.45) is 7.01. The fourth-order valence-corrected chi connectivity index (χ4v) is 3.88. The third kappa shape index (κ3) is 2.03. The summed E-state index contributed by atoms with van der Waals surface area (Å²) in [4.78, 5) is 12.2. The number of carbonyl (C=O) groups excluding carboxylic acids is 1. The normalized spacial score (nSPS) is 33.2. The van der Waals surface area contributed by atoms with Crippen LogP contribution < -0.4 is 0 Å². The average Bonchev–Trinajstić information content (AvgIpc) is 2.39. The van der Waals surface area contributed by atoms with Gasteiger partial charge in [0.2, 0.25) is 0 Å². The Hall–Kier alpha value is -1.11. The molecule has 1 unspecified atom stereocenters. The first kappa shape index (κ1) is 11.0. The zero-order valence-corrected chi connectivity index (χ0v) is 10.3. The van der Waals surface area contributed by atoms with Crippen LogP contribution in [0, 0.1) is 11.8 Å². The fraction of sp³-hybridized carbons (Fsp3) is 0.562. The van der Waals surface area contributed by atoms with Crippen molar-refractivity contribution in [2.45, 2.75) is 44.4 Å². The molecular formula is C16H20O. The van der Waals surface area contributed by atoms with Gasteiger partial charge in [-0.05, 0) is 43.1 Å². The summed E-state index contributed by atoms with van der Waals surface area (Å²) in [5.41, 5.74) is 1.39. The quantitative estimate of drug-likeness (QED) is 0.711. The van der Waals surface area contributed by atoms with Crippen LogP contribution in [0.15, 0.2) is 30.3 Å². The van der Waals surface area contributed by atoms with Gasteiger partial charge >= 0.3 is 0 Å². The van der Waals surface area contributed by atoms with Crippen molar-refractivity contribution in [2.75, 3.05) is 0 Å². The lowest BCUT2D eigenvalue weighted by molar-refractivity contribution is -0.128. The van der Waals surface area contributed by atoms with Gasteiger partial charge in [0.1, 0.15) is 5.78 Å². The van der Waals surface area contributed by atoms with Crippen LogP contribution in [0.3, 0.4) is 0 Å². The highest BCUT2D eigenvalue weighted by Crippen LogP contribution is 2.46. The van der Waals surface area contributed by atoms with Crippen molar-refractivity contribution in [3.8, 4) is 0 Å². The minimum absolute atomic E-state index is 0.333. The van der Waals surface area contributed by atoms with Gasteiger partial charge in [0.05, 0.1) is 0 Å². The van der Waals surface area contributed by atoms with Crippen molar-refractivity contribution in [3.05, 3.63) is 35.9 Å². The fourth-order valence-electron chi connectivity index (χ4n) is 3.88. The Bertz CT molecular complexity index is 393. The van der Waals surface area contributed by atoms with Crippen molar-refractivity contribution >= 4 is 5.78 Å². The number of benzene rings is 1. The molecular weight excluding hydrogens is 208 g/mol. The summed E-state index contributed by atoms with van der Waals surface area (Å²) in [6, 6.07) is 10.7. The molecule has 1 nitrogen and oxygen atoms in total. The maximum Gasteiger partial charge on any atom is 0.136 e. The lowest BCUT2D eigenvalue weighted by Gasteiger charge is -2.40. The summed E-state index contributed by atoms with van der Waals surface area (Å²) >= 11 is 0. The zero-order valence-electron chi connectivity index (χ0n) is 10.3. The van der Waals surface area contributed by atoms with Crippen LogP contribution in [0.25, 0.3) is 0 Å². The van der Waals surface area contributed by atoms with Gasteiger partial charge in [-0.25, -0.2) is 0 Å². The van der Waals surface area contributed by atoms with E-state index in [-0.39, 0.29) is 0 Å². The van der Waals surface area contributed by atoms with E-state index in [9.17, 15) is 4.79 Å². The predicted molar refractivity (Wildman–Crippen MR) is 68.9 cm³/mol. The molecule has 0 amide bonds. The molecule has 1 aromatic rings. The molecule has 2 aliphatic rings. The van der Waals surface area contributed by atoms with E-state index in [2.05, 4.69) is 30.3 Å². The second-order valence-corrected chi connectivity index (χ2v) is 5.59. The van der Waals surface area contributed by atoms with E-state index in [0.29, 0.717) is 23.5 Å². The minimum atomic E-state index is 0.333. The first-order valence-electron chi connectivity index (χ1n) is 6.94. The van der Waals surface area contributed by atoms with Crippen molar-refractivity contribution in [2.24, 2.45) is 11.8 Å². The van der Waals surface area contributed by atoms with E-state index in [1.807, 2.05) is 0 Å². The molecule has 0 heterocycles. The van der Waals surface area contributed by atoms with Crippen LogP contribution in [0.2, 0.25) is 0 Å². The zero-order chi connectivity index (χ0) is 11.7. The SMILES string of the molecule is O=C1CCC[C@@H]2CCCC(c3ccccc3)[C@H]12. The summed E-state index contributed by atoms with van der Waals surface area (Å²) in [7, 11) is 0. The summed E-state index contributed by atoms with van der Waals surface area (Å²) in [5.74, 6) is 2.05. The summed E-state index contributed by atoms with van der Waals surface area (Å²) in [6.45, 7) is 0. The molecule has 2 saturated carbocycles. The molecule has 2 fully saturated rings. The number of hydrogen-bond acceptors (Lipinski definition) is 1. The highest BCUT2D eigenvalue weighted by molar-refractivity contribution is 5.83. The molecule has 1 heteroatoms. The maximum atomic E-state index is 12.2. The van der Waals surface area contributed by atoms with Gasteiger partial charge < -0.3 is 0 Å². The molecule has 90 valence electrons. The lowest BCUT2D eigenvalue weighted by atomic mass is 9.63. The largest absolute Gasteiger partial charge is 0.299 e. The van der Waals surface area contributed by atoms with Gasteiger partial charge in [-0.2, -0.15) is 0 Å². The first-order chi connectivity index (χ1) is 8.36. The molecule has 2 aliphatic carbocycles. The Morgan fingerprint density at radius 3 is 2.53 bits per heavy atom. The molecule has 0 saturated heterocycles. The first-order valence-corrected chi connectivity index (χ1v) is 6.94. The van der Waals surface area contributed by atoms with E-state index in [0.717, 1.165) is 12.8 Å². The van der Waals surface area contributed by atoms with Gasteiger partial charge in [-0.1, -0.05) is 36.8 Å². The van der Waals surface area contributed by atoms with Crippen LogP contribution in [-0.2, 0) is 4.79 Å². The predicted octanol–water partition coefficient (Wildman–Crippen LogP) is 3.94. The second-order valence-electron chi connectivity index (χ2n) is 5.59. The minimum Gasteiger partial charge on any atom is -0.299 e. The number of rotatable bonds is 1. The van der Waals surface area contributed by atoms with E-state index in [1.54, 1.807) is 0 Å². The van der Waals surface area contributed by atoms with Gasteiger partial charge in [-0.3, -0.25) is 4.79 Å². The van der Waals surface area contributed by atoms with Crippen molar-refractivity contribution in [1.29, 1.82) is 0 Å². The van der Waals surface area contributed by atoms with Crippen molar-refractivity contribution in [3.63, 3.8) is 0 Å². The van der Waals surface area contributed by atoms with Crippen LogP contribution in [-0.4, -0.2) is 5.78 Å². The van der Waals surface area contributed by atoms with E-state index >= 15 is 0 Å². The Morgan fingerprint density at radius 2 is 1.71 bits per heavy atom. The summed E-state index contributed by atoms with van der Waals surface area (Å²) < 4.78 is 0. The Morgan fingerprint density at radius 1 is 0.941 bits per heavy atom. The molecule has 3 rings (SSSR count). The molecule has 17 heavy (non-hydrogen) atoms. The third-order valence-corrected chi connectivity index (χ3v) is 4.63. The number of fused-ring (bicyclic) bond motifs is 1. The van der Waals surface area contributed by atoms with Crippen LogP contribution in [0.5, 0.6) is 0 Å². The van der Waals surface area contributed by atoms with Crippen LogP contribution in [0.1, 0.15) is 50.0 Å². The average molecular weight is 228 g/mol. The highest BCUT2D eigenvalue weighted by Gasteiger charge is 2.40. The second kappa shape index (κ2) is 4.64. The Labute approximate surface area is 103 Å². The monoisotopic (exact) mass is 228 g/mol. The standard InChI is InChI=1S/C16H20O/c17-15-11-5-9-13-8-4-10-14(16(13)15)12-6-2-1-3-7-12/h1-3,6-7,13-14,16H,4-5,8-11H2/t13-,14?,16+/m0/s1. The third-order valence-electron chi connectivity index (χ3n) is 4.63. The Kier molecular flexibility index (Phi) is 3.00. The molecule has 3 atom stereocenters. The van der Waals surface area contributed by atoms with E-state index in [4.69, 9.17) is 0 Å². The lowest BCUT2D eigenvalue weighted by Crippen LogP contribution is -2.36. The molecule has 1 aromatic carbocycles.